The summed E-state index contributed by atoms with van der Waals surface area (Å²) in [5.74, 6) is -0.0291. The molecular formula is C13H18BrNO4S2. The van der Waals surface area contributed by atoms with Gasteiger partial charge in [-0.15, -0.1) is 0 Å². The number of rotatable bonds is 4. The Kier molecular flexibility index (Phi) is 4.82. The predicted molar refractivity (Wildman–Crippen MR) is 85.5 cm³/mol. The molecule has 0 spiro atoms. The first-order chi connectivity index (χ1) is 9.67. The number of sulfonamides is 1. The van der Waals surface area contributed by atoms with Gasteiger partial charge in [-0.3, -0.25) is 0 Å². The first kappa shape index (κ1) is 16.9. The van der Waals surface area contributed by atoms with Gasteiger partial charge in [-0.05, 0) is 37.1 Å². The highest BCUT2D eigenvalue weighted by molar-refractivity contribution is 9.10. The molecule has 0 amide bonds. The Labute approximate surface area is 134 Å². The van der Waals surface area contributed by atoms with Gasteiger partial charge in [0.05, 0.1) is 16.4 Å². The minimum absolute atomic E-state index is 0.0586. The van der Waals surface area contributed by atoms with E-state index < -0.39 is 25.9 Å². The van der Waals surface area contributed by atoms with Gasteiger partial charge in [0.1, 0.15) is 0 Å². The fourth-order valence-electron chi connectivity index (χ4n) is 2.54. The number of benzene rings is 1. The Morgan fingerprint density at radius 1 is 1.38 bits per heavy atom. The number of hydrogen-bond donors (Lipinski definition) is 0. The molecule has 1 aliphatic rings. The highest BCUT2D eigenvalue weighted by Gasteiger charge is 2.37. The fourth-order valence-corrected chi connectivity index (χ4v) is 6.36. The molecule has 2 rings (SSSR count). The van der Waals surface area contributed by atoms with Crippen molar-refractivity contribution < 1.29 is 16.8 Å². The summed E-state index contributed by atoms with van der Waals surface area (Å²) in [5.41, 5.74) is 0.825. The van der Waals surface area contributed by atoms with Crippen molar-refractivity contribution in [3.63, 3.8) is 0 Å². The number of sulfone groups is 1. The van der Waals surface area contributed by atoms with Gasteiger partial charge in [0, 0.05) is 17.1 Å². The van der Waals surface area contributed by atoms with Gasteiger partial charge in [0.25, 0.3) is 0 Å². The molecule has 1 aliphatic heterocycles. The molecule has 118 valence electrons. The molecule has 5 nitrogen and oxygen atoms in total. The highest BCUT2D eigenvalue weighted by atomic mass is 79.9. The minimum atomic E-state index is -3.68. The second-order valence-electron chi connectivity index (χ2n) is 5.18. The van der Waals surface area contributed by atoms with Crippen LogP contribution in [0.2, 0.25) is 0 Å². The van der Waals surface area contributed by atoms with E-state index >= 15 is 0 Å². The average Bonchev–Trinajstić information content (AvgIpc) is 2.73. The second-order valence-corrected chi connectivity index (χ2v) is 10.1. The summed E-state index contributed by atoms with van der Waals surface area (Å²) in [7, 11) is -6.80. The molecular weight excluding hydrogens is 378 g/mol. The van der Waals surface area contributed by atoms with Gasteiger partial charge in [-0.25, -0.2) is 16.8 Å². The van der Waals surface area contributed by atoms with Crippen molar-refractivity contribution in [3.8, 4) is 0 Å². The van der Waals surface area contributed by atoms with Crippen LogP contribution >= 0.6 is 15.9 Å². The Hall–Kier alpha value is -0.440. The molecule has 8 heteroatoms. The number of hydrogen-bond acceptors (Lipinski definition) is 4. The third-order valence-electron chi connectivity index (χ3n) is 3.66. The summed E-state index contributed by atoms with van der Waals surface area (Å²) in [6.07, 6.45) is 0.366. The summed E-state index contributed by atoms with van der Waals surface area (Å²) < 4.78 is 50.8. The summed E-state index contributed by atoms with van der Waals surface area (Å²) >= 11 is 3.34. The quantitative estimate of drug-likeness (QED) is 0.780. The summed E-state index contributed by atoms with van der Waals surface area (Å²) in [5, 5.41) is 0. The van der Waals surface area contributed by atoms with Crippen molar-refractivity contribution in [1.29, 1.82) is 0 Å². The minimum Gasteiger partial charge on any atom is -0.229 e. The van der Waals surface area contributed by atoms with Crippen molar-refractivity contribution in [3.05, 3.63) is 28.2 Å². The van der Waals surface area contributed by atoms with Gasteiger partial charge in [0.2, 0.25) is 10.0 Å². The monoisotopic (exact) mass is 395 g/mol. The van der Waals surface area contributed by atoms with E-state index in [1.54, 1.807) is 25.1 Å². The molecule has 0 aliphatic carbocycles. The van der Waals surface area contributed by atoms with Crippen LogP contribution in [-0.2, 0) is 19.9 Å². The van der Waals surface area contributed by atoms with Gasteiger partial charge in [-0.1, -0.05) is 22.9 Å². The lowest BCUT2D eigenvalue weighted by atomic mass is 10.2. The maximum absolute atomic E-state index is 12.7. The van der Waals surface area contributed by atoms with E-state index in [2.05, 4.69) is 15.9 Å². The fraction of sp³-hybridized carbons (Fsp3) is 0.538. The van der Waals surface area contributed by atoms with E-state index in [0.29, 0.717) is 6.42 Å². The number of nitrogens with zero attached hydrogens (tertiary/aromatic N) is 1. The molecule has 1 heterocycles. The Bertz CT molecular complexity index is 743. The smallest absolute Gasteiger partial charge is 0.229 e. The van der Waals surface area contributed by atoms with Crippen LogP contribution in [0.15, 0.2) is 27.6 Å². The topological polar surface area (TPSA) is 71.5 Å². The van der Waals surface area contributed by atoms with Gasteiger partial charge in [-0.2, -0.15) is 4.31 Å². The zero-order chi connectivity index (χ0) is 15.8. The molecule has 1 atom stereocenters. The number of halogens is 1. The summed E-state index contributed by atoms with van der Waals surface area (Å²) in [6.45, 7) is 3.81. The van der Waals surface area contributed by atoms with Crippen LogP contribution in [0.25, 0.3) is 0 Å². The zero-order valence-electron chi connectivity index (χ0n) is 11.9. The summed E-state index contributed by atoms with van der Waals surface area (Å²) in [4.78, 5) is 0.203. The standard InChI is InChI=1S/C13H18BrNO4S2/c1-3-15(11-6-7-20(16,17)9-11)21(18,19)12-4-5-13(14)10(2)8-12/h4-5,8,11H,3,6-7,9H2,1-2H3/t11-/m0/s1. The normalized spacial score (nSPS) is 21.8. The maximum atomic E-state index is 12.7. The molecule has 0 radical (unpaired) electrons. The molecule has 0 N–H and O–H groups in total. The molecule has 21 heavy (non-hydrogen) atoms. The van der Waals surface area contributed by atoms with Crippen LogP contribution < -0.4 is 0 Å². The van der Waals surface area contributed by atoms with E-state index in [-0.39, 0.29) is 22.9 Å². The van der Waals surface area contributed by atoms with Crippen LogP contribution in [0.1, 0.15) is 18.9 Å². The predicted octanol–water partition coefficient (Wildman–Crippen LogP) is 1.96. The zero-order valence-corrected chi connectivity index (χ0v) is 15.1. The van der Waals surface area contributed by atoms with Gasteiger partial charge < -0.3 is 0 Å². The van der Waals surface area contributed by atoms with Crippen LogP contribution in [-0.4, -0.2) is 45.2 Å². The lowest BCUT2D eigenvalue weighted by Gasteiger charge is -2.26. The molecule has 0 bridgehead atoms. The molecule has 1 aromatic rings. The van der Waals surface area contributed by atoms with Crippen molar-refractivity contribution in [2.24, 2.45) is 0 Å². The van der Waals surface area contributed by atoms with Crippen LogP contribution in [0.4, 0.5) is 0 Å². The molecule has 1 saturated heterocycles. The van der Waals surface area contributed by atoms with Crippen molar-refractivity contribution in [1.82, 2.24) is 4.31 Å². The SMILES string of the molecule is CCN([C@H]1CCS(=O)(=O)C1)S(=O)(=O)c1ccc(Br)c(C)c1. The van der Waals surface area contributed by atoms with E-state index in [1.807, 2.05) is 6.92 Å². The lowest BCUT2D eigenvalue weighted by Crippen LogP contribution is -2.40. The molecule has 0 aromatic heterocycles. The average molecular weight is 396 g/mol. The largest absolute Gasteiger partial charge is 0.243 e. The Balaban J connectivity index is 2.38. The first-order valence-corrected chi connectivity index (χ1v) is 10.7. The molecule has 0 unspecified atom stereocenters. The first-order valence-electron chi connectivity index (χ1n) is 6.66. The molecule has 1 aromatic carbocycles. The Morgan fingerprint density at radius 3 is 2.52 bits per heavy atom. The van der Waals surface area contributed by atoms with Gasteiger partial charge >= 0.3 is 0 Å². The Morgan fingerprint density at radius 2 is 2.05 bits per heavy atom. The maximum Gasteiger partial charge on any atom is 0.243 e. The van der Waals surface area contributed by atoms with Crippen LogP contribution in [0.3, 0.4) is 0 Å². The van der Waals surface area contributed by atoms with Crippen LogP contribution in [0.5, 0.6) is 0 Å². The molecule has 1 fully saturated rings. The van der Waals surface area contributed by atoms with Crippen molar-refractivity contribution in [2.75, 3.05) is 18.1 Å². The third-order valence-corrected chi connectivity index (χ3v) is 8.33. The van der Waals surface area contributed by atoms with E-state index in [9.17, 15) is 16.8 Å². The number of aryl methyl sites for hydroxylation is 1. The van der Waals surface area contributed by atoms with Gasteiger partial charge in [0.15, 0.2) is 9.84 Å². The van der Waals surface area contributed by atoms with Crippen LogP contribution in [0, 0.1) is 6.92 Å². The second kappa shape index (κ2) is 5.98. The third kappa shape index (κ3) is 3.49. The van der Waals surface area contributed by atoms with Crippen molar-refractivity contribution >= 4 is 35.8 Å². The van der Waals surface area contributed by atoms with E-state index in [4.69, 9.17) is 0 Å². The van der Waals surface area contributed by atoms with E-state index in [1.165, 1.54) is 4.31 Å². The molecule has 0 saturated carbocycles. The summed E-state index contributed by atoms with van der Waals surface area (Å²) in [6, 6.07) is 4.37. The van der Waals surface area contributed by atoms with Crippen molar-refractivity contribution in [2.45, 2.75) is 31.2 Å². The lowest BCUT2D eigenvalue weighted by molar-refractivity contribution is 0.354. The highest BCUT2D eigenvalue weighted by Crippen LogP contribution is 2.27. The van der Waals surface area contributed by atoms with E-state index in [0.717, 1.165) is 10.0 Å².